The second-order valence-corrected chi connectivity index (χ2v) is 15.9. The largest absolute Gasteiger partial charge is 0.447 e. The van der Waals surface area contributed by atoms with Crippen molar-refractivity contribution >= 4 is 29.6 Å². The first-order valence-electron chi connectivity index (χ1n) is 18.8. The molecule has 2 aromatic heterocycles. The molecule has 2 aliphatic carbocycles. The molecule has 2 amide bonds. The predicted molar refractivity (Wildman–Crippen MR) is 199 cm³/mol. The van der Waals surface area contributed by atoms with Gasteiger partial charge in [-0.2, -0.15) is 46.4 Å². The molecule has 0 saturated heterocycles. The summed E-state index contributed by atoms with van der Waals surface area (Å²) in [5.74, 6) is -0.912. The zero-order valence-electron chi connectivity index (χ0n) is 31.5. The maximum absolute atomic E-state index is 15.0. The molecule has 2 atom stereocenters. The summed E-state index contributed by atoms with van der Waals surface area (Å²) in [5.41, 5.74) is 3.93. The first-order chi connectivity index (χ1) is 27.4. The van der Waals surface area contributed by atoms with Crippen molar-refractivity contribution in [3.05, 3.63) is 71.1 Å². The monoisotopic (exact) mass is 834 g/mol. The molecule has 2 aromatic carbocycles. The zero-order valence-corrected chi connectivity index (χ0v) is 32.3. The number of alkyl halides is 6. The lowest BCUT2D eigenvalue weighted by Gasteiger charge is -2.37. The van der Waals surface area contributed by atoms with Crippen LogP contribution in [-0.4, -0.2) is 78.1 Å². The van der Waals surface area contributed by atoms with Gasteiger partial charge < -0.3 is 15.8 Å². The third-order valence-corrected chi connectivity index (χ3v) is 10.9. The molecule has 0 spiro atoms. The minimum Gasteiger partial charge on any atom is -0.447 e. The topological polar surface area (TPSA) is 158 Å². The smallest absolute Gasteiger partial charge is 0.407 e. The Morgan fingerprint density at radius 1 is 1.02 bits per heavy atom. The minimum absolute atomic E-state index is 0.0136. The summed E-state index contributed by atoms with van der Waals surface area (Å²) in [7, 11) is 0. The second kappa shape index (κ2) is 15.5. The summed E-state index contributed by atoms with van der Waals surface area (Å²) < 4.78 is 89.0. The summed E-state index contributed by atoms with van der Waals surface area (Å²) in [6.45, 7) is 1.24. The molecule has 7 rings (SSSR count). The van der Waals surface area contributed by atoms with Crippen LogP contribution < -0.4 is 11.1 Å². The van der Waals surface area contributed by atoms with Crippen molar-refractivity contribution in [1.29, 1.82) is 0 Å². The number of guanidine groups is 1. The third kappa shape index (κ3) is 8.63. The highest BCUT2D eigenvalue weighted by Gasteiger charge is 2.59. The number of nitrogens with one attached hydrogen (secondary N) is 1. The molecule has 2 saturated carbocycles. The summed E-state index contributed by atoms with van der Waals surface area (Å²) in [5, 5.41) is 15.9. The number of hydrogen-bond acceptors (Lipinski definition) is 9. The van der Waals surface area contributed by atoms with Crippen molar-refractivity contribution in [3.8, 4) is 22.6 Å². The highest BCUT2D eigenvalue weighted by Crippen LogP contribution is 2.51. The summed E-state index contributed by atoms with van der Waals surface area (Å²) >= 11 is 6.67. The molecule has 0 bridgehead atoms. The first-order valence-corrected chi connectivity index (χ1v) is 19.2. The molecule has 3 heterocycles. The van der Waals surface area contributed by atoms with E-state index in [1.807, 2.05) is 0 Å². The number of carbonyl (C=O) groups excluding carboxylic acids is 2. The molecule has 3 aliphatic rings. The van der Waals surface area contributed by atoms with E-state index in [1.54, 1.807) is 39.9 Å². The molecule has 0 radical (unpaired) electrons. The lowest BCUT2D eigenvalue weighted by molar-refractivity contribution is -0.218. The van der Waals surface area contributed by atoms with Crippen molar-refractivity contribution in [2.24, 2.45) is 16.1 Å². The number of carbonyl (C=O) groups is 2. The van der Waals surface area contributed by atoms with Crippen LogP contribution >= 0.6 is 11.6 Å². The lowest BCUT2D eigenvalue weighted by Crippen LogP contribution is -2.49. The van der Waals surface area contributed by atoms with Gasteiger partial charge in [0.1, 0.15) is 18.6 Å². The third-order valence-electron chi connectivity index (χ3n) is 10.6. The molecule has 3 N–H and O–H groups in total. The number of halogens is 7. The molecule has 310 valence electrons. The highest BCUT2D eigenvalue weighted by molar-refractivity contribution is 6.33. The Hall–Kier alpha value is -5.20. The van der Waals surface area contributed by atoms with Gasteiger partial charge in [0.25, 0.3) is 5.91 Å². The quantitative estimate of drug-likeness (QED) is 0.0900. The van der Waals surface area contributed by atoms with Crippen LogP contribution in [0.2, 0.25) is 5.02 Å². The Labute approximate surface area is 334 Å². The standard InChI is InChI=1S/C38H41ClF6N10O3/c1-35(2,38(43,44)45)20-36(24-8-5-22(6-9-24)29-18-49-55(52-29)26-12-13-26)32(56)53(33(46)51-36)30(19-58-34(57)47-16-4-3-15-37(40,41)42)23-7-14-28(39)27(17-23)31-48-21-50-54(31)25-10-11-25/h5-9,14,17-18,21,25-26,30H,3-4,10-13,15-16,19-20H2,1-2H3,(H2,46,51)(H,47,57)/t30?,36-/m1/s1. The van der Waals surface area contributed by atoms with Gasteiger partial charge >= 0.3 is 18.4 Å². The van der Waals surface area contributed by atoms with Gasteiger partial charge in [0.2, 0.25) is 0 Å². The van der Waals surface area contributed by atoms with Crippen molar-refractivity contribution < 1.29 is 40.7 Å². The van der Waals surface area contributed by atoms with E-state index < -0.39 is 66.8 Å². The first kappa shape index (κ1) is 41.0. The average Bonchev–Trinajstić information content (AvgIpc) is 4.07. The van der Waals surface area contributed by atoms with Crippen molar-refractivity contribution in [1.82, 2.24) is 40.0 Å². The van der Waals surface area contributed by atoms with Gasteiger partial charge in [-0.05, 0) is 68.2 Å². The molecule has 20 heteroatoms. The van der Waals surface area contributed by atoms with Crippen molar-refractivity contribution in [2.75, 3.05) is 13.2 Å². The Bertz CT molecular complexity index is 2180. The van der Waals surface area contributed by atoms with Crippen molar-refractivity contribution in [3.63, 3.8) is 0 Å². The molecule has 1 aliphatic heterocycles. The van der Waals surface area contributed by atoms with Crippen LogP contribution in [0, 0.1) is 5.41 Å². The van der Waals surface area contributed by atoms with E-state index in [1.165, 1.54) is 24.5 Å². The van der Waals surface area contributed by atoms with E-state index in [4.69, 9.17) is 22.1 Å². The Kier molecular flexibility index (Phi) is 11.0. The number of ether oxygens (including phenoxy) is 1. The van der Waals surface area contributed by atoms with Crippen molar-refractivity contribution in [2.45, 2.75) is 101 Å². The van der Waals surface area contributed by atoms with Gasteiger partial charge in [-0.25, -0.2) is 19.5 Å². The van der Waals surface area contributed by atoms with E-state index in [2.05, 4.69) is 30.6 Å². The number of alkyl carbamates (subject to hydrolysis) is 1. The number of nitrogens with zero attached hydrogens (tertiary/aromatic N) is 8. The van der Waals surface area contributed by atoms with Gasteiger partial charge in [-0.1, -0.05) is 55.8 Å². The lowest BCUT2D eigenvalue weighted by atomic mass is 9.74. The minimum atomic E-state index is -4.76. The molecule has 4 aromatic rings. The highest BCUT2D eigenvalue weighted by atomic mass is 35.5. The van der Waals surface area contributed by atoms with E-state index in [0.717, 1.165) is 44.4 Å². The van der Waals surface area contributed by atoms with E-state index in [9.17, 15) is 31.1 Å². The molecular formula is C38H41ClF6N10O3. The number of aromatic nitrogens is 6. The fourth-order valence-corrected chi connectivity index (χ4v) is 7.17. The second-order valence-electron chi connectivity index (χ2n) is 15.5. The van der Waals surface area contributed by atoms with Crippen LogP contribution in [0.15, 0.2) is 60.0 Å². The number of rotatable bonds is 15. The number of benzene rings is 2. The van der Waals surface area contributed by atoms with E-state index in [-0.39, 0.29) is 42.1 Å². The number of hydrogen-bond donors (Lipinski definition) is 2. The Balaban J connectivity index is 1.23. The fourth-order valence-electron chi connectivity index (χ4n) is 6.97. The van der Waals surface area contributed by atoms with Gasteiger partial charge in [0.05, 0.1) is 34.8 Å². The van der Waals surface area contributed by atoms with Gasteiger partial charge in [-0.3, -0.25) is 9.69 Å². The summed E-state index contributed by atoms with van der Waals surface area (Å²) in [6.07, 6.45) is -5.52. The van der Waals surface area contributed by atoms with Crippen LogP contribution in [0.1, 0.15) is 94.5 Å². The van der Waals surface area contributed by atoms with Crippen LogP contribution in [0.5, 0.6) is 0 Å². The normalized spacial score (nSPS) is 19.4. The SMILES string of the molecule is CC(C)(C[C@]1(c2ccc(-c3cnn(C4CC4)n3)cc2)N=C(N)N(C(COC(=O)NCCCCC(F)(F)F)c2ccc(Cl)c(-c3ncnn3C3CC3)c2)C1=O)C(F)(F)F. The average molecular weight is 835 g/mol. The van der Waals surface area contributed by atoms with Gasteiger partial charge in [-0.15, -0.1) is 0 Å². The van der Waals surface area contributed by atoms with Crippen LogP contribution in [0.4, 0.5) is 31.1 Å². The number of aliphatic imine (C=N–C) groups is 1. The molecule has 2 fully saturated rings. The fraction of sp³-hybridized carbons (Fsp3) is 0.500. The number of nitrogens with two attached hydrogens (primary N) is 1. The number of unbranched alkanes of at least 4 members (excludes halogenated alkanes) is 1. The molecule has 13 nitrogen and oxygen atoms in total. The molecule has 1 unspecified atom stereocenters. The Morgan fingerprint density at radius 2 is 1.72 bits per heavy atom. The maximum Gasteiger partial charge on any atom is 0.407 e. The van der Waals surface area contributed by atoms with Crippen LogP contribution in [-0.2, 0) is 15.1 Å². The molecule has 58 heavy (non-hydrogen) atoms. The van der Waals surface area contributed by atoms with Crippen LogP contribution in [0.25, 0.3) is 22.6 Å². The van der Waals surface area contributed by atoms with Gasteiger partial charge in [0.15, 0.2) is 17.3 Å². The summed E-state index contributed by atoms with van der Waals surface area (Å²) in [6, 6.07) is 10.0. The van der Waals surface area contributed by atoms with E-state index in [0.29, 0.717) is 28.2 Å². The van der Waals surface area contributed by atoms with Gasteiger partial charge in [0, 0.05) is 24.1 Å². The van der Waals surface area contributed by atoms with Crippen LogP contribution in [0.3, 0.4) is 0 Å². The molecular weight excluding hydrogens is 794 g/mol. The Morgan fingerprint density at radius 3 is 2.38 bits per heavy atom. The zero-order chi connectivity index (χ0) is 41.6. The van der Waals surface area contributed by atoms with E-state index >= 15 is 4.79 Å². The maximum atomic E-state index is 15.0. The predicted octanol–water partition coefficient (Wildman–Crippen LogP) is 8.06. The summed E-state index contributed by atoms with van der Waals surface area (Å²) in [4.78, 5) is 39.5. The number of amides is 2.